The van der Waals surface area contributed by atoms with E-state index in [0.717, 1.165) is 10.9 Å². The lowest BCUT2D eigenvalue weighted by molar-refractivity contribution is -0.154. The van der Waals surface area contributed by atoms with Gasteiger partial charge in [-0.25, -0.2) is 0 Å². The summed E-state index contributed by atoms with van der Waals surface area (Å²) in [5.41, 5.74) is 2.09. The number of benzene rings is 2. The summed E-state index contributed by atoms with van der Waals surface area (Å²) in [6, 6.07) is 14.1. The number of fused-ring (bicyclic) bond motifs is 1. The Morgan fingerprint density at radius 3 is 2.73 bits per heavy atom. The molecule has 0 aliphatic heterocycles. The first kappa shape index (κ1) is 17.5. The number of hydrogen-bond acceptors (Lipinski definition) is 5. The predicted octanol–water partition coefficient (Wildman–Crippen LogP) is 2.93. The number of carbonyl (C=O) groups excluding carboxylic acids is 2. The summed E-state index contributed by atoms with van der Waals surface area (Å²) in [7, 11) is 0. The number of nitrogens with one attached hydrogen (secondary N) is 1. The van der Waals surface area contributed by atoms with Gasteiger partial charge < -0.3 is 19.6 Å². The van der Waals surface area contributed by atoms with Gasteiger partial charge in [-0.1, -0.05) is 30.3 Å². The average molecular weight is 353 g/mol. The SMILES string of the molecule is C[C@@H](OC(=O)Cc1coc2cc(O)ccc12)C(=O)NCc1ccccc1. The molecule has 1 heterocycles. The van der Waals surface area contributed by atoms with E-state index in [9.17, 15) is 14.7 Å². The summed E-state index contributed by atoms with van der Waals surface area (Å²) in [5, 5.41) is 12.9. The van der Waals surface area contributed by atoms with E-state index < -0.39 is 12.1 Å². The maximum absolute atomic E-state index is 12.1. The number of phenols is 1. The first-order chi connectivity index (χ1) is 12.5. The molecule has 134 valence electrons. The van der Waals surface area contributed by atoms with Gasteiger partial charge in [0.1, 0.15) is 11.3 Å². The van der Waals surface area contributed by atoms with Crippen LogP contribution in [0.4, 0.5) is 0 Å². The minimum absolute atomic E-state index is 0.0198. The molecule has 0 unspecified atom stereocenters. The Morgan fingerprint density at radius 1 is 1.19 bits per heavy atom. The van der Waals surface area contributed by atoms with Crippen LogP contribution < -0.4 is 5.32 Å². The standard InChI is InChI=1S/C20H19NO5/c1-13(20(24)21-11-14-5-3-2-4-6-14)26-19(23)9-15-12-25-18-10-16(22)7-8-17(15)18/h2-8,10,12-13,22H,9,11H2,1H3,(H,21,24)/t13-/m1/s1. The van der Waals surface area contributed by atoms with Crippen molar-refractivity contribution in [3.05, 3.63) is 65.9 Å². The smallest absolute Gasteiger partial charge is 0.311 e. The maximum Gasteiger partial charge on any atom is 0.311 e. The number of rotatable bonds is 6. The van der Waals surface area contributed by atoms with E-state index in [1.165, 1.54) is 25.3 Å². The Labute approximate surface area is 150 Å². The van der Waals surface area contributed by atoms with Gasteiger partial charge >= 0.3 is 5.97 Å². The van der Waals surface area contributed by atoms with Crippen LogP contribution >= 0.6 is 0 Å². The Bertz CT molecular complexity index is 916. The van der Waals surface area contributed by atoms with Gasteiger partial charge in [-0.15, -0.1) is 0 Å². The van der Waals surface area contributed by atoms with Gasteiger partial charge in [0.2, 0.25) is 0 Å². The van der Waals surface area contributed by atoms with Gasteiger partial charge in [-0.3, -0.25) is 9.59 Å². The fraction of sp³-hybridized carbons (Fsp3) is 0.200. The normalized spacial score (nSPS) is 11.9. The van der Waals surface area contributed by atoms with Gasteiger partial charge in [-0.2, -0.15) is 0 Å². The van der Waals surface area contributed by atoms with E-state index in [-0.39, 0.29) is 18.1 Å². The zero-order chi connectivity index (χ0) is 18.5. The molecule has 1 amide bonds. The minimum Gasteiger partial charge on any atom is -0.508 e. The van der Waals surface area contributed by atoms with E-state index in [1.54, 1.807) is 6.07 Å². The molecule has 0 bridgehead atoms. The summed E-state index contributed by atoms with van der Waals surface area (Å²) in [4.78, 5) is 24.2. The molecule has 1 atom stereocenters. The van der Waals surface area contributed by atoms with Crippen molar-refractivity contribution in [2.45, 2.75) is 26.0 Å². The average Bonchev–Trinajstić information content (AvgIpc) is 3.02. The van der Waals surface area contributed by atoms with Gasteiger partial charge in [0, 0.05) is 23.6 Å². The van der Waals surface area contributed by atoms with E-state index in [0.29, 0.717) is 17.7 Å². The van der Waals surface area contributed by atoms with Gasteiger partial charge in [0.25, 0.3) is 5.91 Å². The highest BCUT2D eigenvalue weighted by Crippen LogP contribution is 2.25. The molecule has 3 aromatic rings. The lowest BCUT2D eigenvalue weighted by Gasteiger charge is -2.13. The van der Waals surface area contributed by atoms with E-state index in [2.05, 4.69) is 5.32 Å². The summed E-state index contributed by atoms with van der Waals surface area (Å²) >= 11 is 0. The molecule has 2 N–H and O–H groups in total. The molecule has 0 saturated heterocycles. The molecule has 0 aliphatic carbocycles. The Morgan fingerprint density at radius 2 is 1.96 bits per heavy atom. The molecule has 6 nitrogen and oxygen atoms in total. The topological polar surface area (TPSA) is 88.8 Å². The number of esters is 1. The number of amides is 1. The van der Waals surface area contributed by atoms with Crippen molar-refractivity contribution < 1.29 is 23.8 Å². The molecule has 3 rings (SSSR count). The maximum atomic E-state index is 12.1. The largest absolute Gasteiger partial charge is 0.508 e. The van der Waals surface area contributed by atoms with Crippen LogP contribution in [-0.2, 0) is 27.3 Å². The number of furan rings is 1. The summed E-state index contributed by atoms with van der Waals surface area (Å²) in [5.74, 6) is -0.794. The van der Waals surface area contributed by atoms with Gasteiger partial charge in [0.05, 0.1) is 12.7 Å². The fourth-order valence-electron chi connectivity index (χ4n) is 2.59. The van der Waals surface area contributed by atoms with Crippen molar-refractivity contribution in [2.75, 3.05) is 0 Å². The highest BCUT2D eigenvalue weighted by Gasteiger charge is 2.19. The lowest BCUT2D eigenvalue weighted by Crippen LogP contribution is -2.35. The number of hydrogen-bond donors (Lipinski definition) is 2. The fourth-order valence-corrected chi connectivity index (χ4v) is 2.59. The van der Waals surface area contributed by atoms with Crippen LogP contribution in [0.1, 0.15) is 18.1 Å². The number of carbonyl (C=O) groups is 2. The molecule has 6 heteroatoms. The molecular weight excluding hydrogens is 334 g/mol. The molecule has 0 aliphatic rings. The number of ether oxygens (including phenoxy) is 1. The summed E-state index contributed by atoms with van der Waals surface area (Å²) in [6.07, 6.45) is 0.535. The third-order valence-corrected chi connectivity index (χ3v) is 3.96. The minimum atomic E-state index is -0.895. The molecule has 1 aromatic heterocycles. The third-order valence-electron chi connectivity index (χ3n) is 3.96. The van der Waals surface area contributed by atoms with Crippen LogP contribution in [0.2, 0.25) is 0 Å². The first-order valence-corrected chi connectivity index (χ1v) is 8.23. The molecule has 0 fully saturated rings. The zero-order valence-corrected chi connectivity index (χ0v) is 14.3. The monoisotopic (exact) mass is 353 g/mol. The van der Waals surface area contributed by atoms with E-state index in [1.807, 2.05) is 30.3 Å². The van der Waals surface area contributed by atoms with Crippen LogP contribution in [0, 0.1) is 0 Å². The van der Waals surface area contributed by atoms with Crippen molar-refractivity contribution >= 4 is 22.8 Å². The van der Waals surface area contributed by atoms with Gasteiger partial charge in [0.15, 0.2) is 6.10 Å². The summed E-state index contributed by atoms with van der Waals surface area (Å²) < 4.78 is 10.5. The highest BCUT2D eigenvalue weighted by molar-refractivity contribution is 5.88. The molecule has 0 saturated carbocycles. The van der Waals surface area contributed by atoms with Crippen molar-refractivity contribution in [2.24, 2.45) is 0 Å². The third kappa shape index (κ3) is 4.22. The van der Waals surface area contributed by atoms with E-state index in [4.69, 9.17) is 9.15 Å². The zero-order valence-electron chi connectivity index (χ0n) is 14.3. The second kappa shape index (κ2) is 7.74. The van der Waals surface area contributed by atoms with E-state index >= 15 is 0 Å². The number of aromatic hydroxyl groups is 1. The molecule has 26 heavy (non-hydrogen) atoms. The first-order valence-electron chi connectivity index (χ1n) is 8.23. The Hall–Kier alpha value is -3.28. The number of phenolic OH excluding ortho intramolecular Hbond substituents is 1. The second-order valence-electron chi connectivity index (χ2n) is 5.95. The second-order valence-corrected chi connectivity index (χ2v) is 5.95. The Balaban J connectivity index is 1.54. The van der Waals surface area contributed by atoms with Crippen molar-refractivity contribution in [3.63, 3.8) is 0 Å². The quantitative estimate of drug-likeness (QED) is 0.665. The van der Waals surface area contributed by atoms with Crippen LogP contribution in [0.3, 0.4) is 0 Å². The van der Waals surface area contributed by atoms with Crippen molar-refractivity contribution in [1.29, 1.82) is 0 Å². The van der Waals surface area contributed by atoms with Gasteiger partial charge in [-0.05, 0) is 24.6 Å². The van der Waals surface area contributed by atoms with Crippen LogP contribution in [0.25, 0.3) is 11.0 Å². The Kier molecular flexibility index (Phi) is 5.22. The molecule has 0 spiro atoms. The predicted molar refractivity (Wildman–Crippen MR) is 95.4 cm³/mol. The van der Waals surface area contributed by atoms with Crippen LogP contribution in [0.15, 0.2) is 59.2 Å². The van der Waals surface area contributed by atoms with Crippen LogP contribution in [-0.4, -0.2) is 23.1 Å². The molecular formula is C20H19NO5. The summed E-state index contributed by atoms with van der Waals surface area (Å²) in [6.45, 7) is 1.90. The molecule has 0 radical (unpaired) electrons. The highest BCUT2D eigenvalue weighted by atomic mass is 16.5. The van der Waals surface area contributed by atoms with Crippen molar-refractivity contribution in [3.8, 4) is 5.75 Å². The molecule has 2 aromatic carbocycles. The van der Waals surface area contributed by atoms with Crippen molar-refractivity contribution in [1.82, 2.24) is 5.32 Å². The lowest BCUT2D eigenvalue weighted by atomic mass is 10.1. The van der Waals surface area contributed by atoms with Crippen LogP contribution in [0.5, 0.6) is 5.75 Å².